The number of benzene rings is 1. The Bertz CT molecular complexity index is 474. The fourth-order valence-corrected chi connectivity index (χ4v) is 1.53. The predicted octanol–water partition coefficient (Wildman–Crippen LogP) is 2.99. The first-order valence-electron chi connectivity index (χ1n) is 4.87. The molecule has 1 heterocycles. The molecule has 2 aromatic rings. The molecular formula is C12H11ClN2O. The minimum atomic E-state index is 0.383. The van der Waals surface area contributed by atoms with Gasteiger partial charge in [-0.15, -0.1) is 0 Å². The summed E-state index contributed by atoms with van der Waals surface area (Å²) in [4.78, 5) is 4.06. The van der Waals surface area contributed by atoms with Gasteiger partial charge in [-0.05, 0) is 23.8 Å². The fraction of sp³-hybridized carbons (Fsp3) is 0.0833. The minimum Gasteiger partial charge on any atom is -0.439 e. The van der Waals surface area contributed by atoms with Crippen LogP contribution in [0.2, 0.25) is 5.15 Å². The summed E-state index contributed by atoms with van der Waals surface area (Å²) in [6.45, 7) is 0.410. The number of para-hydroxylation sites is 1. The van der Waals surface area contributed by atoms with Crippen LogP contribution in [0.3, 0.4) is 0 Å². The summed E-state index contributed by atoms with van der Waals surface area (Å²) in [7, 11) is 0. The Morgan fingerprint density at radius 3 is 2.62 bits per heavy atom. The highest BCUT2D eigenvalue weighted by Gasteiger charge is 2.02. The van der Waals surface area contributed by atoms with Crippen LogP contribution in [0, 0.1) is 0 Å². The molecule has 0 saturated heterocycles. The maximum atomic E-state index is 5.85. The minimum absolute atomic E-state index is 0.383. The van der Waals surface area contributed by atoms with Gasteiger partial charge in [-0.3, -0.25) is 0 Å². The molecule has 0 atom stereocenters. The number of aromatic nitrogens is 1. The molecule has 0 spiro atoms. The molecule has 0 aliphatic carbocycles. The van der Waals surface area contributed by atoms with Crippen LogP contribution in [0.1, 0.15) is 5.56 Å². The summed E-state index contributed by atoms with van der Waals surface area (Å²) in [6.07, 6.45) is 0. The first kappa shape index (κ1) is 10.9. The number of nitrogens with zero attached hydrogens (tertiary/aromatic N) is 1. The molecule has 0 amide bonds. The maximum absolute atomic E-state index is 5.85. The first-order chi connectivity index (χ1) is 7.78. The third kappa shape index (κ3) is 2.72. The quantitative estimate of drug-likeness (QED) is 0.831. The molecule has 0 unspecified atom stereocenters. The number of hydrogen-bond acceptors (Lipinski definition) is 3. The molecule has 2 rings (SSSR count). The molecule has 4 heteroatoms. The van der Waals surface area contributed by atoms with Crippen molar-refractivity contribution < 1.29 is 4.74 Å². The molecule has 0 saturated carbocycles. The summed E-state index contributed by atoms with van der Waals surface area (Å²) in [5.74, 6) is 1.18. The number of hydrogen-bond donors (Lipinski definition) is 1. The van der Waals surface area contributed by atoms with Crippen LogP contribution in [0.15, 0.2) is 42.5 Å². The Balaban J connectivity index is 2.24. The van der Waals surface area contributed by atoms with Crippen molar-refractivity contribution in [2.75, 3.05) is 0 Å². The van der Waals surface area contributed by atoms with Crippen molar-refractivity contribution in [3.8, 4) is 11.6 Å². The van der Waals surface area contributed by atoms with Crippen LogP contribution in [0.25, 0.3) is 0 Å². The zero-order chi connectivity index (χ0) is 11.4. The van der Waals surface area contributed by atoms with E-state index in [-0.39, 0.29) is 0 Å². The molecule has 2 N–H and O–H groups in total. The van der Waals surface area contributed by atoms with Crippen molar-refractivity contribution in [1.29, 1.82) is 0 Å². The second-order valence-corrected chi connectivity index (χ2v) is 3.64. The maximum Gasteiger partial charge on any atom is 0.220 e. The van der Waals surface area contributed by atoms with Gasteiger partial charge in [0.2, 0.25) is 5.88 Å². The Hall–Kier alpha value is -1.58. The highest BCUT2D eigenvalue weighted by molar-refractivity contribution is 6.29. The molecular weight excluding hydrogens is 224 g/mol. The molecule has 0 aliphatic rings. The molecule has 0 aliphatic heterocycles. The highest BCUT2D eigenvalue weighted by Crippen LogP contribution is 2.22. The van der Waals surface area contributed by atoms with Crippen molar-refractivity contribution in [2.24, 2.45) is 5.73 Å². The fourth-order valence-electron chi connectivity index (χ4n) is 1.30. The summed E-state index contributed by atoms with van der Waals surface area (Å²) >= 11 is 5.85. The average Bonchev–Trinajstić information content (AvgIpc) is 2.29. The van der Waals surface area contributed by atoms with E-state index in [0.717, 1.165) is 11.3 Å². The van der Waals surface area contributed by atoms with Crippen molar-refractivity contribution in [3.05, 3.63) is 53.2 Å². The van der Waals surface area contributed by atoms with Gasteiger partial charge in [0.05, 0.1) is 0 Å². The Morgan fingerprint density at radius 2 is 1.94 bits per heavy atom. The van der Waals surface area contributed by atoms with E-state index in [1.54, 1.807) is 12.1 Å². The lowest BCUT2D eigenvalue weighted by molar-refractivity contribution is 0.462. The Labute approximate surface area is 98.8 Å². The lowest BCUT2D eigenvalue weighted by atomic mass is 10.3. The van der Waals surface area contributed by atoms with E-state index in [4.69, 9.17) is 22.1 Å². The highest BCUT2D eigenvalue weighted by atomic mass is 35.5. The van der Waals surface area contributed by atoms with Gasteiger partial charge in [0.15, 0.2) is 0 Å². The van der Waals surface area contributed by atoms with Crippen molar-refractivity contribution in [3.63, 3.8) is 0 Å². The van der Waals surface area contributed by atoms with Gasteiger partial charge in [0.25, 0.3) is 0 Å². The van der Waals surface area contributed by atoms with E-state index >= 15 is 0 Å². The predicted molar refractivity (Wildman–Crippen MR) is 63.7 cm³/mol. The van der Waals surface area contributed by atoms with Crippen LogP contribution in [0.4, 0.5) is 0 Å². The Kier molecular flexibility index (Phi) is 3.39. The second-order valence-electron chi connectivity index (χ2n) is 3.26. The van der Waals surface area contributed by atoms with E-state index in [0.29, 0.717) is 17.6 Å². The number of rotatable bonds is 3. The molecule has 0 fully saturated rings. The van der Waals surface area contributed by atoms with Crippen LogP contribution < -0.4 is 10.5 Å². The molecule has 3 nitrogen and oxygen atoms in total. The topological polar surface area (TPSA) is 48.1 Å². The second kappa shape index (κ2) is 4.96. The van der Waals surface area contributed by atoms with E-state index in [2.05, 4.69) is 4.98 Å². The third-order valence-electron chi connectivity index (χ3n) is 2.03. The van der Waals surface area contributed by atoms with Crippen LogP contribution >= 0.6 is 11.6 Å². The number of pyridine rings is 1. The summed E-state index contributed by atoms with van der Waals surface area (Å²) < 4.78 is 5.55. The van der Waals surface area contributed by atoms with Crippen molar-refractivity contribution >= 4 is 11.6 Å². The van der Waals surface area contributed by atoms with Crippen molar-refractivity contribution in [2.45, 2.75) is 6.54 Å². The standard InChI is InChI=1S/C12H11ClN2O/c13-11-6-9(8-14)7-12(15-11)16-10-4-2-1-3-5-10/h1-7H,8,14H2. The molecule has 82 valence electrons. The van der Waals surface area contributed by atoms with Gasteiger partial charge < -0.3 is 10.5 Å². The van der Waals surface area contributed by atoms with E-state index in [1.807, 2.05) is 30.3 Å². The molecule has 0 bridgehead atoms. The zero-order valence-corrected chi connectivity index (χ0v) is 9.32. The van der Waals surface area contributed by atoms with Crippen LogP contribution in [0.5, 0.6) is 11.6 Å². The lowest BCUT2D eigenvalue weighted by Crippen LogP contribution is -1.98. The number of nitrogens with two attached hydrogens (primary N) is 1. The van der Waals surface area contributed by atoms with Gasteiger partial charge in [-0.1, -0.05) is 29.8 Å². The first-order valence-corrected chi connectivity index (χ1v) is 5.25. The van der Waals surface area contributed by atoms with Crippen LogP contribution in [-0.2, 0) is 6.54 Å². The number of ether oxygens (including phenoxy) is 1. The zero-order valence-electron chi connectivity index (χ0n) is 8.56. The summed E-state index contributed by atoms with van der Waals surface area (Å²) in [5, 5.41) is 0.383. The largest absolute Gasteiger partial charge is 0.439 e. The monoisotopic (exact) mass is 234 g/mol. The third-order valence-corrected chi connectivity index (χ3v) is 2.23. The van der Waals surface area contributed by atoms with Gasteiger partial charge in [0.1, 0.15) is 10.9 Å². The summed E-state index contributed by atoms with van der Waals surface area (Å²) in [6, 6.07) is 12.9. The molecule has 0 radical (unpaired) electrons. The van der Waals surface area contributed by atoms with E-state index < -0.39 is 0 Å². The number of halogens is 1. The lowest BCUT2D eigenvalue weighted by Gasteiger charge is -2.06. The van der Waals surface area contributed by atoms with Gasteiger partial charge in [-0.25, -0.2) is 4.98 Å². The average molecular weight is 235 g/mol. The van der Waals surface area contributed by atoms with Crippen molar-refractivity contribution in [1.82, 2.24) is 4.98 Å². The SMILES string of the molecule is NCc1cc(Cl)nc(Oc2ccccc2)c1. The van der Waals surface area contributed by atoms with Crippen LogP contribution in [-0.4, -0.2) is 4.98 Å². The smallest absolute Gasteiger partial charge is 0.220 e. The molecule has 1 aromatic carbocycles. The van der Waals surface area contributed by atoms with Gasteiger partial charge in [-0.2, -0.15) is 0 Å². The van der Waals surface area contributed by atoms with E-state index in [1.165, 1.54) is 0 Å². The van der Waals surface area contributed by atoms with Gasteiger partial charge >= 0.3 is 0 Å². The normalized spacial score (nSPS) is 10.1. The summed E-state index contributed by atoms with van der Waals surface area (Å²) in [5.41, 5.74) is 6.43. The van der Waals surface area contributed by atoms with Gasteiger partial charge in [0, 0.05) is 12.6 Å². The van der Waals surface area contributed by atoms with E-state index in [9.17, 15) is 0 Å². The molecule has 16 heavy (non-hydrogen) atoms. The molecule has 1 aromatic heterocycles. The Morgan fingerprint density at radius 1 is 1.19 bits per heavy atom.